The van der Waals surface area contributed by atoms with Crippen molar-refractivity contribution in [3.8, 4) is 0 Å². The highest BCUT2D eigenvalue weighted by atomic mass is 32.2. The van der Waals surface area contributed by atoms with Crippen molar-refractivity contribution in [2.24, 2.45) is 0 Å². The molecule has 2 rings (SSSR count). The van der Waals surface area contributed by atoms with E-state index in [-0.39, 0.29) is 18.1 Å². The van der Waals surface area contributed by atoms with E-state index < -0.39 is 5.25 Å². The van der Waals surface area contributed by atoms with Crippen molar-refractivity contribution in [2.45, 2.75) is 30.9 Å². The highest BCUT2D eigenvalue weighted by Gasteiger charge is 2.16. The van der Waals surface area contributed by atoms with Gasteiger partial charge >= 0.3 is 0 Å². The number of H-pyrrole nitrogens is 1. The van der Waals surface area contributed by atoms with Gasteiger partial charge < -0.3 is 15.0 Å². The Morgan fingerprint density at radius 1 is 1.39 bits per heavy atom. The van der Waals surface area contributed by atoms with Gasteiger partial charge in [-0.2, -0.15) is 0 Å². The van der Waals surface area contributed by atoms with Gasteiger partial charge in [-0.25, -0.2) is 4.98 Å². The van der Waals surface area contributed by atoms with E-state index in [1.54, 1.807) is 6.92 Å². The number of carbonyl (C=O) groups is 1. The molecule has 1 atom stereocenters. The number of nitrogens with one attached hydrogen (secondary N) is 2. The zero-order valence-corrected chi connectivity index (χ0v) is 14.1. The Morgan fingerprint density at radius 2 is 2.09 bits per heavy atom. The minimum Gasteiger partial charge on any atom is -0.378 e. The van der Waals surface area contributed by atoms with Gasteiger partial charge in [0.1, 0.15) is 0 Å². The first-order valence-corrected chi connectivity index (χ1v) is 7.99. The number of benzene rings is 1. The van der Waals surface area contributed by atoms with E-state index in [0.717, 1.165) is 11.3 Å². The number of hydrogen-bond donors (Lipinski definition) is 2. The summed E-state index contributed by atoms with van der Waals surface area (Å²) in [5.41, 5.74) is 2.13. The van der Waals surface area contributed by atoms with Gasteiger partial charge in [0.15, 0.2) is 5.16 Å². The lowest BCUT2D eigenvalue weighted by Crippen LogP contribution is -2.23. The monoisotopic (exact) mass is 333 g/mol. The van der Waals surface area contributed by atoms with Gasteiger partial charge in [-0.05, 0) is 26.0 Å². The lowest BCUT2D eigenvalue weighted by Gasteiger charge is -2.12. The van der Waals surface area contributed by atoms with E-state index in [2.05, 4.69) is 15.3 Å². The first-order valence-electron chi connectivity index (χ1n) is 7.11. The molecule has 23 heavy (non-hydrogen) atoms. The fraction of sp³-hybridized carbons (Fsp3) is 0.312. The molecule has 0 fully saturated rings. The van der Waals surface area contributed by atoms with Crippen molar-refractivity contribution < 1.29 is 9.53 Å². The number of amides is 1. The van der Waals surface area contributed by atoms with Gasteiger partial charge in [-0.3, -0.25) is 9.59 Å². The topological polar surface area (TPSA) is 84.1 Å². The second kappa shape index (κ2) is 7.94. The van der Waals surface area contributed by atoms with Crippen molar-refractivity contribution >= 4 is 23.4 Å². The maximum absolute atomic E-state index is 12.2. The second-order valence-corrected chi connectivity index (χ2v) is 6.42. The van der Waals surface area contributed by atoms with Crippen LogP contribution in [0.2, 0.25) is 0 Å². The summed E-state index contributed by atoms with van der Waals surface area (Å²) in [4.78, 5) is 30.7. The fourth-order valence-electron chi connectivity index (χ4n) is 1.86. The molecule has 0 saturated carbocycles. The maximum atomic E-state index is 12.2. The Bertz CT molecular complexity index is 728. The fourth-order valence-corrected chi connectivity index (χ4v) is 2.69. The Balaban J connectivity index is 2.03. The molecule has 122 valence electrons. The van der Waals surface area contributed by atoms with Crippen LogP contribution < -0.4 is 10.9 Å². The van der Waals surface area contributed by atoms with Crippen molar-refractivity contribution in [2.75, 3.05) is 12.4 Å². The van der Waals surface area contributed by atoms with E-state index in [9.17, 15) is 9.59 Å². The minimum absolute atomic E-state index is 0.154. The summed E-state index contributed by atoms with van der Waals surface area (Å²) in [5.74, 6) is -0.154. The summed E-state index contributed by atoms with van der Waals surface area (Å²) in [6.45, 7) is 4.00. The molecule has 1 amide bonds. The van der Waals surface area contributed by atoms with Crippen LogP contribution in [0, 0.1) is 6.92 Å². The largest absolute Gasteiger partial charge is 0.378 e. The molecule has 1 aromatic heterocycles. The molecule has 0 saturated heterocycles. The van der Waals surface area contributed by atoms with E-state index in [4.69, 9.17) is 4.74 Å². The molecule has 1 heterocycles. The van der Waals surface area contributed by atoms with Gasteiger partial charge in [-0.15, -0.1) is 0 Å². The van der Waals surface area contributed by atoms with Crippen molar-refractivity contribution in [1.82, 2.24) is 9.97 Å². The first-order chi connectivity index (χ1) is 11.0. The van der Waals surface area contributed by atoms with Crippen LogP contribution in [0.4, 0.5) is 5.69 Å². The Hall–Kier alpha value is -2.12. The molecule has 0 spiro atoms. The highest BCUT2D eigenvalue weighted by molar-refractivity contribution is 8.00. The summed E-state index contributed by atoms with van der Waals surface area (Å²) in [7, 11) is 1.54. The summed E-state index contributed by atoms with van der Waals surface area (Å²) < 4.78 is 4.98. The average molecular weight is 333 g/mol. The quantitative estimate of drug-likeness (QED) is 0.626. The summed E-state index contributed by atoms with van der Waals surface area (Å²) in [5, 5.41) is 2.83. The van der Waals surface area contributed by atoms with Crippen molar-refractivity contribution in [3.05, 3.63) is 51.9 Å². The predicted molar refractivity (Wildman–Crippen MR) is 90.7 cm³/mol. The molecule has 0 aliphatic rings. The Kier molecular flexibility index (Phi) is 5.95. The van der Waals surface area contributed by atoms with Gasteiger partial charge in [-0.1, -0.05) is 29.5 Å². The number of nitrogens with zero attached hydrogens (tertiary/aromatic N) is 1. The molecule has 1 unspecified atom stereocenters. The van der Waals surface area contributed by atoms with Crippen LogP contribution in [0.5, 0.6) is 0 Å². The summed E-state index contributed by atoms with van der Waals surface area (Å²) >= 11 is 1.19. The Morgan fingerprint density at radius 3 is 2.74 bits per heavy atom. The third-order valence-electron chi connectivity index (χ3n) is 3.04. The van der Waals surface area contributed by atoms with Gasteiger partial charge in [0.05, 0.1) is 17.6 Å². The van der Waals surface area contributed by atoms with Gasteiger partial charge in [0.25, 0.3) is 5.56 Å². The zero-order chi connectivity index (χ0) is 16.8. The number of anilines is 1. The normalized spacial score (nSPS) is 12.0. The van der Waals surface area contributed by atoms with E-state index >= 15 is 0 Å². The zero-order valence-electron chi connectivity index (χ0n) is 13.3. The Labute approximate surface area is 138 Å². The average Bonchev–Trinajstić information content (AvgIpc) is 2.49. The number of thioether (sulfide) groups is 1. The van der Waals surface area contributed by atoms with Crippen LogP contribution >= 0.6 is 11.8 Å². The second-order valence-electron chi connectivity index (χ2n) is 5.09. The molecule has 0 aliphatic carbocycles. The van der Waals surface area contributed by atoms with Crippen LogP contribution in [-0.4, -0.2) is 28.2 Å². The molecule has 2 N–H and O–H groups in total. The number of aromatic amines is 1. The minimum atomic E-state index is -0.405. The van der Waals surface area contributed by atoms with Crippen LogP contribution in [0.25, 0.3) is 0 Å². The predicted octanol–water partition coefficient (Wildman–Crippen LogP) is 2.34. The third kappa shape index (κ3) is 5.22. The lowest BCUT2D eigenvalue weighted by atomic mass is 10.2. The van der Waals surface area contributed by atoms with E-state index in [1.165, 1.54) is 24.9 Å². The molecule has 0 bridgehead atoms. The number of carbonyl (C=O) groups excluding carboxylic acids is 1. The number of ether oxygens (including phenoxy) is 1. The standard InChI is InChI=1S/C16H19N3O3S/c1-10-4-6-12(7-5-10)17-15(21)11(2)23-16-18-13(9-22-3)8-14(20)19-16/h4-8,11H,9H2,1-3H3,(H,17,21)(H,18,19,20). The molecular formula is C16H19N3O3S. The molecule has 0 aliphatic heterocycles. The highest BCUT2D eigenvalue weighted by Crippen LogP contribution is 2.20. The van der Waals surface area contributed by atoms with E-state index in [1.807, 2.05) is 31.2 Å². The summed E-state index contributed by atoms with van der Waals surface area (Å²) in [6, 6.07) is 8.94. The number of aromatic nitrogens is 2. The number of aryl methyl sites for hydroxylation is 1. The lowest BCUT2D eigenvalue weighted by molar-refractivity contribution is -0.115. The van der Waals surface area contributed by atoms with Crippen molar-refractivity contribution in [1.29, 1.82) is 0 Å². The number of methoxy groups -OCH3 is 1. The molecular weight excluding hydrogens is 314 g/mol. The van der Waals surface area contributed by atoms with Gasteiger partial charge in [0, 0.05) is 18.9 Å². The van der Waals surface area contributed by atoms with Crippen LogP contribution in [0.1, 0.15) is 18.2 Å². The van der Waals surface area contributed by atoms with Crippen LogP contribution in [-0.2, 0) is 16.1 Å². The smallest absolute Gasteiger partial charge is 0.251 e. The first kappa shape index (κ1) is 17.2. The van der Waals surface area contributed by atoms with Crippen LogP contribution in [0.15, 0.2) is 40.3 Å². The molecule has 2 aromatic rings. The molecule has 6 nitrogen and oxygen atoms in total. The number of hydrogen-bond acceptors (Lipinski definition) is 5. The van der Waals surface area contributed by atoms with E-state index in [0.29, 0.717) is 10.9 Å². The maximum Gasteiger partial charge on any atom is 0.251 e. The van der Waals surface area contributed by atoms with Gasteiger partial charge in [0.2, 0.25) is 5.91 Å². The van der Waals surface area contributed by atoms with Crippen molar-refractivity contribution in [3.63, 3.8) is 0 Å². The number of rotatable bonds is 6. The SMILES string of the molecule is COCc1cc(=O)[nH]c(SC(C)C(=O)Nc2ccc(C)cc2)n1. The molecule has 0 radical (unpaired) electrons. The van der Waals surface area contributed by atoms with Crippen LogP contribution in [0.3, 0.4) is 0 Å². The third-order valence-corrected chi connectivity index (χ3v) is 4.03. The molecule has 1 aromatic carbocycles. The molecule has 7 heteroatoms. The summed E-state index contributed by atoms with van der Waals surface area (Å²) in [6.07, 6.45) is 0.